The summed E-state index contributed by atoms with van der Waals surface area (Å²) >= 11 is 3.45. The van der Waals surface area contributed by atoms with Crippen molar-refractivity contribution < 1.29 is 14.3 Å². The normalized spacial score (nSPS) is 15.9. The Morgan fingerprint density at radius 3 is 2.62 bits per heavy atom. The number of carbonyl (C=O) groups excluding carboxylic acids is 2. The number of hydrogen-bond donors (Lipinski definition) is 0. The van der Waals surface area contributed by atoms with Crippen molar-refractivity contribution in [3.8, 4) is 0 Å². The summed E-state index contributed by atoms with van der Waals surface area (Å²) in [6.45, 7) is 5.37. The quantitative estimate of drug-likeness (QED) is 0.784. The highest BCUT2D eigenvalue weighted by atomic mass is 79.9. The first-order chi connectivity index (χ1) is 10.0. The molecule has 114 valence electrons. The van der Waals surface area contributed by atoms with Gasteiger partial charge >= 0.3 is 5.97 Å². The van der Waals surface area contributed by atoms with Gasteiger partial charge in [-0.2, -0.15) is 0 Å². The number of piperidine rings is 1. The number of carbonyl (C=O) groups is 2. The maximum absolute atomic E-state index is 12.6. The smallest absolute Gasteiger partial charge is 0.309 e. The molecule has 0 saturated carbocycles. The lowest BCUT2D eigenvalue weighted by molar-refractivity contribution is -0.149. The molecule has 1 aliphatic heterocycles. The summed E-state index contributed by atoms with van der Waals surface area (Å²) in [4.78, 5) is 26.1. The fourth-order valence-corrected chi connectivity index (χ4v) is 2.95. The van der Waals surface area contributed by atoms with Crippen LogP contribution in [-0.2, 0) is 9.53 Å². The van der Waals surface area contributed by atoms with Crippen molar-refractivity contribution >= 4 is 27.8 Å². The topological polar surface area (TPSA) is 46.6 Å². The molecule has 0 spiro atoms. The molecule has 1 amide bonds. The summed E-state index contributed by atoms with van der Waals surface area (Å²) in [7, 11) is 0. The summed E-state index contributed by atoms with van der Waals surface area (Å²) in [5.74, 6) is -0.169. The highest BCUT2D eigenvalue weighted by Gasteiger charge is 2.29. The fourth-order valence-electron chi connectivity index (χ4n) is 2.59. The maximum Gasteiger partial charge on any atom is 0.309 e. The highest BCUT2D eigenvalue weighted by molar-refractivity contribution is 9.10. The SMILES string of the molecule is CCOC(=O)C1CCN(C(=O)c2cccc(Br)c2C)CC1. The molecular weight excluding hydrogens is 334 g/mol. The zero-order valence-corrected chi connectivity index (χ0v) is 14.0. The minimum atomic E-state index is -0.136. The Morgan fingerprint density at radius 2 is 2.00 bits per heavy atom. The molecule has 0 atom stereocenters. The maximum atomic E-state index is 12.6. The Bertz CT molecular complexity index is 536. The van der Waals surface area contributed by atoms with Gasteiger partial charge in [0.05, 0.1) is 12.5 Å². The minimum absolute atomic E-state index is 0.0381. The van der Waals surface area contributed by atoms with Crippen molar-refractivity contribution in [3.63, 3.8) is 0 Å². The third kappa shape index (κ3) is 3.64. The molecule has 21 heavy (non-hydrogen) atoms. The third-order valence-electron chi connectivity index (χ3n) is 3.90. The Labute approximate surface area is 133 Å². The van der Waals surface area contributed by atoms with Gasteiger partial charge in [-0.3, -0.25) is 9.59 Å². The Kier molecular flexibility index (Phi) is 5.39. The van der Waals surface area contributed by atoms with Crippen molar-refractivity contribution in [2.24, 2.45) is 5.92 Å². The van der Waals surface area contributed by atoms with Gasteiger partial charge in [0.25, 0.3) is 5.91 Å². The van der Waals surface area contributed by atoms with Crippen molar-refractivity contribution in [3.05, 3.63) is 33.8 Å². The van der Waals surface area contributed by atoms with Crippen LogP contribution in [0.2, 0.25) is 0 Å². The average Bonchev–Trinajstić information content (AvgIpc) is 2.50. The van der Waals surface area contributed by atoms with Gasteiger partial charge in [-0.15, -0.1) is 0 Å². The number of likely N-dealkylation sites (tertiary alicyclic amines) is 1. The molecule has 0 unspecified atom stereocenters. The number of halogens is 1. The van der Waals surface area contributed by atoms with Crippen molar-refractivity contribution in [1.82, 2.24) is 4.90 Å². The van der Waals surface area contributed by atoms with Crippen LogP contribution >= 0.6 is 15.9 Å². The second-order valence-electron chi connectivity index (χ2n) is 5.23. The van der Waals surface area contributed by atoms with E-state index >= 15 is 0 Å². The second-order valence-corrected chi connectivity index (χ2v) is 6.09. The first-order valence-corrected chi connectivity index (χ1v) is 8.05. The molecule has 0 aliphatic carbocycles. The van der Waals surface area contributed by atoms with Crippen molar-refractivity contribution in [1.29, 1.82) is 0 Å². The van der Waals surface area contributed by atoms with Gasteiger partial charge in [-0.05, 0) is 44.4 Å². The Balaban J connectivity index is 2.00. The number of nitrogens with zero attached hydrogens (tertiary/aromatic N) is 1. The summed E-state index contributed by atoms with van der Waals surface area (Å²) in [6, 6.07) is 5.65. The van der Waals surface area contributed by atoms with Gasteiger partial charge in [0.2, 0.25) is 0 Å². The van der Waals surface area contributed by atoms with Crippen LogP contribution in [0.15, 0.2) is 22.7 Å². The standard InChI is InChI=1S/C16H20BrNO3/c1-3-21-16(20)12-7-9-18(10-8-12)15(19)13-5-4-6-14(17)11(13)2/h4-6,12H,3,7-10H2,1-2H3. The first-order valence-electron chi connectivity index (χ1n) is 7.25. The van der Waals surface area contributed by atoms with E-state index in [1.54, 1.807) is 0 Å². The molecule has 0 bridgehead atoms. The van der Waals surface area contributed by atoms with Gasteiger partial charge in [-0.1, -0.05) is 22.0 Å². The van der Waals surface area contributed by atoms with E-state index in [-0.39, 0.29) is 17.8 Å². The molecule has 1 aromatic rings. The average molecular weight is 354 g/mol. The van der Waals surface area contributed by atoms with Crippen LogP contribution in [0.5, 0.6) is 0 Å². The highest BCUT2D eigenvalue weighted by Crippen LogP contribution is 2.24. The lowest BCUT2D eigenvalue weighted by atomic mass is 9.96. The molecule has 1 aliphatic rings. The molecule has 1 fully saturated rings. The molecule has 1 saturated heterocycles. The van der Waals surface area contributed by atoms with Crippen LogP contribution in [0, 0.1) is 12.8 Å². The molecule has 0 N–H and O–H groups in total. The summed E-state index contributed by atoms with van der Waals surface area (Å²) in [5, 5.41) is 0. The third-order valence-corrected chi connectivity index (χ3v) is 4.76. The minimum Gasteiger partial charge on any atom is -0.466 e. The van der Waals surface area contributed by atoms with Crippen LogP contribution < -0.4 is 0 Å². The molecule has 1 aromatic carbocycles. The lowest BCUT2D eigenvalue weighted by Gasteiger charge is -2.31. The predicted octanol–water partition coefficient (Wildman–Crippen LogP) is 3.17. The zero-order valence-electron chi connectivity index (χ0n) is 12.4. The molecule has 0 radical (unpaired) electrons. The number of ether oxygens (including phenoxy) is 1. The lowest BCUT2D eigenvalue weighted by Crippen LogP contribution is -2.40. The number of esters is 1. The van der Waals surface area contributed by atoms with Crippen molar-refractivity contribution in [2.45, 2.75) is 26.7 Å². The van der Waals surface area contributed by atoms with E-state index in [1.165, 1.54) is 0 Å². The fraction of sp³-hybridized carbons (Fsp3) is 0.500. The van der Waals surface area contributed by atoms with Crippen molar-refractivity contribution in [2.75, 3.05) is 19.7 Å². The van der Waals surface area contributed by atoms with Gasteiger partial charge in [0.15, 0.2) is 0 Å². The first kappa shape index (κ1) is 16.0. The van der Waals surface area contributed by atoms with E-state index in [2.05, 4.69) is 15.9 Å². The molecule has 4 nitrogen and oxygen atoms in total. The number of benzene rings is 1. The monoisotopic (exact) mass is 353 g/mol. The summed E-state index contributed by atoms with van der Waals surface area (Å²) < 4.78 is 5.99. The van der Waals surface area contributed by atoms with Crippen LogP contribution in [0.4, 0.5) is 0 Å². The summed E-state index contributed by atoms with van der Waals surface area (Å²) in [5.41, 5.74) is 1.67. The number of amides is 1. The molecule has 0 aromatic heterocycles. The van der Waals surface area contributed by atoms with E-state index in [9.17, 15) is 9.59 Å². The number of rotatable bonds is 3. The Hall–Kier alpha value is -1.36. The summed E-state index contributed by atoms with van der Waals surface area (Å²) in [6.07, 6.45) is 1.36. The molecular formula is C16H20BrNO3. The van der Waals surface area contributed by atoms with Gasteiger partial charge < -0.3 is 9.64 Å². The van der Waals surface area contributed by atoms with E-state index in [1.807, 2.05) is 36.9 Å². The molecule has 2 rings (SSSR count). The second kappa shape index (κ2) is 7.07. The van der Waals surface area contributed by atoms with E-state index in [4.69, 9.17) is 4.74 Å². The van der Waals surface area contributed by atoms with Gasteiger partial charge in [0, 0.05) is 23.1 Å². The van der Waals surface area contributed by atoms with Gasteiger partial charge in [-0.25, -0.2) is 0 Å². The van der Waals surface area contributed by atoms with Crippen LogP contribution in [0.25, 0.3) is 0 Å². The largest absolute Gasteiger partial charge is 0.466 e. The van der Waals surface area contributed by atoms with Crippen LogP contribution in [-0.4, -0.2) is 36.5 Å². The number of hydrogen-bond acceptors (Lipinski definition) is 3. The van der Waals surface area contributed by atoms with Gasteiger partial charge in [0.1, 0.15) is 0 Å². The predicted molar refractivity (Wildman–Crippen MR) is 84.1 cm³/mol. The van der Waals surface area contributed by atoms with E-state index < -0.39 is 0 Å². The van der Waals surface area contributed by atoms with E-state index in [0.29, 0.717) is 32.5 Å². The van der Waals surface area contributed by atoms with Crippen LogP contribution in [0.1, 0.15) is 35.7 Å². The van der Waals surface area contributed by atoms with Crippen LogP contribution in [0.3, 0.4) is 0 Å². The Morgan fingerprint density at radius 1 is 1.33 bits per heavy atom. The zero-order chi connectivity index (χ0) is 15.4. The molecule has 1 heterocycles. The molecule has 5 heteroatoms. The van der Waals surface area contributed by atoms with E-state index in [0.717, 1.165) is 15.6 Å².